The van der Waals surface area contributed by atoms with Gasteiger partial charge in [0.15, 0.2) is 0 Å². The Bertz CT molecular complexity index is 527. The maximum Gasteiger partial charge on any atom is 0.146 e. The number of fused-ring (bicyclic) bond motifs is 1. The Labute approximate surface area is 101 Å². The molecule has 3 rings (SSSR count). The van der Waals surface area contributed by atoms with E-state index in [1.54, 1.807) is 0 Å². The zero-order valence-corrected chi connectivity index (χ0v) is 9.94. The lowest BCUT2D eigenvalue weighted by molar-refractivity contribution is 0.113. The molecule has 1 N–H and O–H groups in total. The van der Waals surface area contributed by atoms with Gasteiger partial charge in [0.1, 0.15) is 16.9 Å². The third kappa shape index (κ3) is 1.98. The molecule has 3 heteroatoms. The Morgan fingerprint density at radius 3 is 3.00 bits per heavy atom. The topological polar surface area (TPSA) is 34.1 Å². The molecule has 17 heavy (non-hydrogen) atoms. The lowest BCUT2D eigenvalue weighted by atomic mass is 10.1. The average molecular weight is 228 g/mol. The molecule has 0 amide bonds. The van der Waals surface area contributed by atoms with Crippen molar-refractivity contribution in [3.8, 4) is 5.75 Å². The monoisotopic (exact) mass is 228 g/mol. The number of para-hydroxylation sites is 1. The number of aromatic nitrogens is 1. The minimum absolute atomic E-state index is 0.105. The van der Waals surface area contributed by atoms with Gasteiger partial charge in [-0.3, -0.25) is 4.98 Å². The van der Waals surface area contributed by atoms with Crippen molar-refractivity contribution in [3.63, 3.8) is 0 Å². The summed E-state index contributed by atoms with van der Waals surface area (Å²) in [6.07, 6.45) is 2.85. The molecular weight excluding hydrogens is 212 g/mol. The minimum Gasteiger partial charge on any atom is -0.484 e. The second-order valence-corrected chi connectivity index (χ2v) is 4.81. The van der Waals surface area contributed by atoms with Gasteiger partial charge in [0.05, 0.1) is 0 Å². The van der Waals surface area contributed by atoms with Crippen LogP contribution in [0.2, 0.25) is 0 Å². The zero-order chi connectivity index (χ0) is 11.7. The van der Waals surface area contributed by atoms with Crippen molar-refractivity contribution in [1.29, 1.82) is 0 Å². The SMILES string of the molecule is CC1(Oc2cccc3cccnc23)CCNC1. The summed E-state index contributed by atoms with van der Waals surface area (Å²) in [5.41, 5.74) is 0.842. The molecule has 1 unspecified atom stereocenters. The summed E-state index contributed by atoms with van der Waals surface area (Å²) in [4.78, 5) is 4.41. The van der Waals surface area contributed by atoms with Crippen LogP contribution in [0.25, 0.3) is 10.9 Å². The molecule has 1 saturated heterocycles. The first-order valence-corrected chi connectivity index (χ1v) is 6.00. The van der Waals surface area contributed by atoms with E-state index in [1.165, 1.54) is 0 Å². The van der Waals surface area contributed by atoms with Gasteiger partial charge in [-0.05, 0) is 25.6 Å². The van der Waals surface area contributed by atoms with E-state index in [-0.39, 0.29) is 5.60 Å². The number of nitrogens with zero attached hydrogens (tertiary/aromatic N) is 1. The standard InChI is InChI=1S/C14H16N2O/c1-14(7-9-15-10-14)17-12-6-2-4-11-5-3-8-16-13(11)12/h2-6,8,15H,7,9-10H2,1H3. The number of hydrogen-bond acceptors (Lipinski definition) is 3. The summed E-state index contributed by atoms with van der Waals surface area (Å²) in [5, 5.41) is 4.46. The molecule has 2 heterocycles. The molecule has 1 aliphatic rings. The largest absolute Gasteiger partial charge is 0.484 e. The number of nitrogens with one attached hydrogen (secondary N) is 1. The lowest BCUT2D eigenvalue weighted by Gasteiger charge is -2.25. The van der Waals surface area contributed by atoms with Gasteiger partial charge in [-0.1, -0.05) is 18.2 Å². The predicted molar refractivity (Wildman–Crippen MR) is 68.3 cm³/mol. The van der Waals surface area contributed by atoms with Crippen LogP contribution in [-0.2, 0) is 0 Å². The fourth-order valence-electron chi connectivity index (χ4n) is 2.31. The summed E-state index contributed by atoms with van der Waals surface area (Å²) in [6.45, 7) is 4.07. The molecule has 88 valence electrons. The van der Waals surface area contributed by atoms with Gasteiger partial charge in [0.2, 0.25) is 0 Å². The van der Waals surface area contributed by atoms with Crippen LogP contribution in [-0.4, -0.2) is 23.7 Å². The van der Waals surface area contributed by atoms with Crippen molar-refractivity contribution in [1.82, 2.24) is 10.3 Å². The van der Waals surface area contributed by atoms with Crippen LogP contribution in [0.3, 0.4) is 0 Å². The smallest absolute Gasteiger partial charge is 0.146 e. The third-order valence-electron chi connectivity index (χ3n) is 3.28. The van der Waals surface area contributed by atoms with Crippen LogP contribution in [0, 0.1) is 0 Å². The quantitative estimate of drug-likeness (QED) is 0.856. The molecule has 1 aliphatic heterocycles. The summed E-state index contributed by atoms with van der Waals surface area (Å²) in [6, 6.07) is 10.1. The third-order valence-corrected chi connectivity index (χ3v) is 3.28. The van der Waals surface area contributed by atoms with E-state index in [0.717, 1.165) is 36.2 Å². The molecular formula is C14H16N2O. The number of pyridine rings is 1. The van der Waals surface area contributed by atoms with Gasteiger partial charge in [0.25, 0.3) is 0 Å². The van der Waals surface area contributed by atoms with Gasteiger partial charge in [-0.2, -0.15) is 0 Å². The maximum atomic E-state index is 6.15. The first-order valence-electron chi connectivity index (χ1n) is 6.00. The summed E-state index contributed by atoms with van der Waals surface area (Å²) in [7, 11) is 0. The molecule has 0 spiro atoms. The van der Waals surface area contributed by atoms with Crippen LogP contribution in [0.15, 0.2) is 36.5 Å². The van der Waals surface area contributed by atoms with Crippen LogP contribution >= 0.6 is 0 Å². The van der Waals surface area contributed by atoms with Crippen molar-refractivity contribution in [2.24, 2.45) is 0 Å². The summed E-state index contributed by atoms with van der Waals surface area (Å²) < 4.78 is 6.15. The highest BCUT2D eigenvalue weighted by molar-refractivity contribution is 5.84. The Kier molecular flexibility index (Phi) is 2.48. The highest BCUT2D eigenvalue weighted by Gasteiger charge is 2.31. The Balaban J connectivity index is 2.00. The second kappa shape index (κ2) is 4.00. The van der Waals surface area contributed by atoms with Crippen molar-refractivity contribution >= 4 is 10.9 Å². The van der Waals surface area contributed by atoms with Crippen molar-refractivity contribution in [2.75, 3.05) is 13.1 Å². The van der Waals surface area contributed by atoms with E-state index in [1.807, 2.05) is 24.4 Å². The molecule has 1 aromatic carbocycles. The molecule has 0 bridgehead atoms. The highest BCUT2D eigenvalue weighted by atomic mass is 16.5. The van der Waals surface area contributed by atoms with E-state index in [4.69, 9.17) is 4.74 Å². The first-order chi connectivity index (χ1) is 8.27. The van der Waals surface area contributed by atoms with E-state index < -0.39 is 0 Å². The summed E-state index contributed by atoms with van der Waals surface area (Å²) in [5.74, 6) is 0.884. The average Bonchev–Trinajstić information content (AvgIpc) is 2.76. The molecule has 0 aliphatic carbocycles. The molecule has 0 saturated carbocycles. The Morgan fingerprint density at radius 2 is 2.18 bits per heavy atom. The van der Waals surface area contributed by atoms with E-state index >= 15 is 0 Å². The van der Waals surface area contributed by atoms with Gasteiger partial charge in [0, 0.05) is 24.5 Å². The minimum atomic E-state index is -0.105. The highest BCUT2D eigenvalue weighted by Crippen LogP contribution is 2.29. The van der Waals surface area contributed by atoms with E-state index in [0.29, 0.717) is 0 Å². The maximum absolute atomic E-state index is 6.15. The molecule has 3 nitrogen and oxygen atoms in total. The van der Waals surface area contributed by atoms with Crippen LogP contribution < -0.4 is 10.1 Å². The molecule has 0 radical (unpaired) electrons. The van der Waals surface area contributed by atoms with Gasteiger partial charge in [-0.25, -0.2) is 0 Å². The molecule has 1 fully saturated rings. The first kappa shape index (κ1) is 10.5. The fraction of sp³-hybridized carbons (Fsp3) is 0.357. The number of benzene rings is 1. The van der Waals surface area contributed by atoms with E-state index in [2.05, 4.69) is 29.4 Å². The van der Waals surface area contributed by atoms with Crippen molar-refractivity contribution < 1.29 is 4.74 Å². The normalized spacial score (nSPS) is 24.1. The van der Waals surface area contributed by atoms with Gasteiger partial charge in [-0.15, -0.1) is 0 Å². The van der Waals surface area contributed by atoms with Crippen LogP contribution in [0.1, 0.15) is 13.3 Å². The zero-order valence-electron chi connectivity index (χ0n) is 9.94. The molecule has 2 aromatic rings. The van der Waals surface area contributed by atoms with Crippen molar-refractivity contribution in [3.05, 3.63) is 36.5 Å². The molecule has 1 atom stereocenters. The van der Waals surface area contributed by atoms with E-state index in [9.17, 15) is 0 Å². The van der Waals surface area contributed by atoms with Crippen LogP contribution in [0.4, 0.5) is 0 Å². The van der Waals surface area contributed by atoms with Gasteiger partial charge >= 0.3 is 0 Å². The van der Waals surface area contributed by atoms with Crippen molar-refractivity contribution in [2.45, 2.75) is 18.9 Å². The predicted octanol–water partition coefficient (Wildman–Crippen LogP) is 2.37. The summed E-state index contributed by atoms with van der Waals surface area (Å²) >= 11 is 0. The Hall–Kier alpha value is -1.61. The molecule has 1 aromatic heterocycles. The Morgan fingerprint density at radius 1 is 1.29 bits per heavy atom. The fourth-order valence-corrected chi connectivity index (χ4v) is 2.31. The van der Waals surface area contributed by atoms with Gasteiger partial charge < -0.3 is 10.1 Å². The number of ether oxygens (including phenoxy) is 1. The lowest BCUT2D eigenvalue weighted by Crippen LogP contribution is -2.34. The van der Waals surface area contributed by atoms with Crippen LogP contribution in [0.5, 0.6) is 5.75 Å². The number of hydrogen-bond donors (Lipinski definition) is 1. The number of rotatable bonds is 2. The second-order valence-electron chi connectivity index (χ2n) is 4.81.